The number of hydrogen-bond donors (Lipinski definition) is 1. The van der Waals surface area contributed by atoms with Crippen molar-refractivity contribution in [2.45, 2.75) is 40.2 Å². The lowest BCUT2D eigenvalue weighted by Crippen LogP contribution is -2.39. The predicted molar refractivity (Wildman–Crippen MR) is 99.9 cm³/mol. The van der Waals surface area contributed by atoms with Gasteiger partial charge in [0.25, 0.3) is 0 Å². The molecule has 0 amide bonds. The smallest absolute Gasteiger partial charge is 0.211 e. The van der Waals surface area contributed by atoms with E-state index in [1.807, 2.05) is 38.1 Å². The Labute approximate surface area is 147 Å². The van der Waals surface area contributed by atoms with E-state index in [1.54, 1.807) is 7.11 Å². The van der Waals surface area contributed by atoms with Gasteiger partial charge in [-0.1, -0.05) is 39.8 Å². The summed E-state index contributed by atoms with van der Waals surface area (Å²) in [6.07, 6.45) is 0.671. The third-order valence-electron chi connectivity index (χ3n) is 4.19. The fourth-order valence-corrected chi connectivity index (χ4v) is 3.98. The third kappa shape index (κ3) is 6.79. The molecule has 0 aromatic heterocycles. The predicted octanol–water partition coefficient (Wildman–Crippen LogP) is 3.04. The fraction of sp³-hybridized carbons (Fsp3) is 0.667. The van der Waals surface area contributed by atoms with Gasteiger partial charge >= 0.3 is 0 Å². The second-order valence-electron chi connectivity index (χ2n) is 6.36. The summed E-state index contributed by atoms with van der Waals surface area (Å²) in [7, 11) is -1.61. The molecule has 1 aromatic carbocycles. The Hall–Kier alpha value is -1.11. The van der Waals surface area contributed by atoms with Gasteiger partial charge in [-0.15, -0.1) is 0 Å². The van der Waals surface area contributed by atoms with Crippen molar-refractivity contribution in [3.05, 3.63) is 29.8 Å². The van der Waals surface area contributed by atoms with E-state index in [2.05, 4.69) is 23.5 Å². The van der Waals surface area contributed by atoms with E-state index in [-0.39, 0.29) is 11.8 Å². The van der Waals surface area contributed by atoms with E-state index in [0.29, 0.717) is 18.9 Å². The molecule has 138 valence electrons. The topological polar surface area (TPSA) is 58.6 Å². The van der Waals surface area contributed by atoms with E-state index in [9.17, 15) is 8.42 Å². The van der Waals surface area contributed by atoms with Gasteiger partial charge < -0.3 is 4.74 Å². The third-order valence-corrected chi connectivity index (χ3v) is 5.57. The highest BCUT2D eigenvalue weighted by Crippen LogP contribution is 2.24. The zero-order valence-corrected chi connectivity index (χ0v) is 16.4. The van der Waals surface area contributed by atoms with Gasteiger partial charge in [-0.2, -0.15) is 0 Å². The summed E-state index contributed by atoms with van der Waals surface area (Å²) in [5, 5.41) is 0. The van der Waals surface area contributed by atoms with Crippen LogP contribution in [0.2, 0.25) is 0 Å². The van der Waals surface area contributed by atoms with Crippen molar-refractivity contribution in [3.8, 4) is 5.75 Å². The molecule has 5 nitrogen and oxygen atoms in total. The number of rotatable bonds is 11. The van der Waals surface area contributed by atoms with Gasteiger partial charge in [0.15, 0.2) is 0 Å². The molecule has 6 heteroatoms. The molecule has 1 unspecified atom stereocenters. The van der Waals surface area contributed by atoms with Crippen molar-refractivity contribution in [1.29, 1.82) is 0 Å². The summed E-state index contributed by atoms with van der Waals surface area (Å²) in [6.45, 7) is 10.3. The first-order valence-electron chi connectivity index (χ1n) is 8.68. The molecule has 0 radical (unpaired) electrons. The number of benzene rings is 1. The lowest BCUT2D eigenvalue weighted by atomic mass is 10.0. The van der Waals surface area contributed by atoms with E-state index in [4.69, 9.17) is 4.74 Å². The maximum Gasteiger partial charge on any atom is 0.211 e. The van der Waals surface area contributed by atoms with Crippen molar-refractivity contribution in [1.82, 2.24) is 9.62 Å². The summed E-state index contributed by atoms with van der Waals surface area (Å²) < 4.78 is 32.6. The van der Waals surface area contributed by atoms with Crippen LogP contribution >= 0.6 is 0 Å². The zero-order valence-electron chi connectivity index (χ0n) is 15.6. The molecule has 0 bridgehead atoms. The van der Waals surface area contributed by atoms with Crippen LogP contribution in [0, 0.1) is 5.92 Å². The van der Waals surface area contributed by atoms with Gasteiger partial charge in [-0.05, 0) is 43.1 Å². The summed E-state index contributed by atoms with van der Waals surface area (Å²) in [5.74, 6) is 1.33. The van der Waals surface area contributed by atoms with E-state index < -0.39 is 10.0 Å². The van der Waals surface area contributed by atoms with Gasteiger partial charge in [0.2, 0.25) is 10.0 Å². The molecular weight excluding hydrogens is 324 g/mol. The molecule has 1 aromatic rings. The lowest BCUT2D eigenvalue weighted by molar-refractivity contribution is 0.219. The Bertz CT molecular complexity index is 584. The van der Waals surface area contributed by atoms with Gasteiger partial charge in [-0.3, -0.25) is 4.90 Å². The number of nitrogens with zero attached hydrogens (tertiary/aromatic N) is 1. The van der Waals surface area contributed by atoms with Crippen molar-refractivity contribution in [2.75, 3.05) is 32.5 Å². The molecule has 0 heterocycles. The maximum absolute atomic E-state index is 12.2. The minimum Gasteiger partial charge on any atom is -0.497 e. The Morgan fingerprint density at radius 2 is 1.88 bits per heavy atom. The molecule has 0 aliphatic carbocycles. The molecule has 0 spiro atoms. The molecular formula is C18H32N2O3S. The molecule has 1 rings (SSSR count). The van der Waals surface area contributed by atoms with E-state index >= 15 is 0 Å². The highest BCUT2D eigenvalue weighted by atomic mass is 32.2. The second kappa shape index (κ2) is 10.0. The number of sulfonamides is 1. The van der Waals surface area contributed by atoms with Crippen LogP contribution in [0.15, 0.2) is 24.3 Å². The molecule has 0 aliphatic heterocycles. The number of nitrogens with one attached hydrogen (secondary N) is 1. The van der Waals surface area contributed by atoms with Crippen LogP contribution < -0.4 is 9.46 Å². The summed E-state index contributed by atoms with van der Waals surface area (Å²) in [6, 6.07) is 7.83. The Balaban J connectivity index is 2.91. The summed E-state index contributed by atoms with van der Waals surface area (Å²) in [4.78, 5) is 2.25. The van der Waals surface area contributed by atoms with Gasteiger partial charge in [0, 0.05) is 12.6 Å². The number of likely N-dealkylation sites (N-methyl/N-ethyl adjacent to an activating group) is 1. The van der Waals surface area contributed by atoms with E-state index in [0.717, 1.165) is 24.4 Å². The van der Waals surface area contributed by atoms with Crippen LogP contribution in [0.5, 0.6) is 5.75 Å². The van der Waals surface area contributed by atoms with Gasteiger partial charge in [-0.25, -0.2) is 13.1 Å². The molecule has 1 atom stereocenters. The minimum absolute atomic E-state index is 0.0103. The van der Waals surface area contributed by atoms with Crippen LogP contribution in [-0.4, -0.2) is 45.8 Å². The van der Waals surface area contributed by atoms with E-state index in [1.165, 1.54) is 0 Å². The molecule has 0 saturated carbocycles. The van der Waals surface area contributed by atoms with Crippen LogP contribution in [0.4, 0.5) is 0 Å². The van der Waals surface area contributed by atoms with Crippen molar-refractivity contribution < 1.29 is 13.2 Å². The SMILES string of the molecule is CCN(CC)C(CNS(=O)(=O)CCC(C)C)c1cccc(OC)c1. The van der Waals surface area contributed by atoms with Crippen molar-refractivity contribution in [2.24, 2.45) is 5.92 Å². The normalized spacial score (nSPS) is 13.5. The number of hydrogen-bond acceptors (Lipinski definition) is 4. The highest BCUT2D eigenvalue weighted by Gasteiger charge is 2.21. The largest absolute Gasteiger partial charge is 0.497 e. The second-order valence-corrected chi connectivity index (χ2v) is 8.29. The average molecular weight is 357 g/mol. The Morgan fingerprint density at radius 1 is 1.21 bits per heavy atom. The molecule has 0 fully saturated rings. The first-order chi connectivity index (χ1) is 11.3. The van der Waals surface area contributed by atoms with Crippen LogP contribution in [0.1, 0.15) is 45.7 Å². The van der Waals surface area contributed by atoms with Crippen LogP contribution in [0.25, 0.3) is 0 Å². The number of methoxy groups -OCH3 is 1. The maximum atomic E-state index is 12.2. The fourth-order valence-electron chi connectivity index (χ4n) is 2.64. The molecule has 24 heavy (non-hydrogen) atoms. The summed E-state index contributed by atoms with van der Waals surface area (Å²) >= 11 is 0. The first-order valence-corrected chi connectivity index (χ1v) is 10.3. The monoisotopic (exact) mass is 356 g/mol. The molecule has 0 aliphatic rings. The zero-order chi connectivity index (χ0) is 18.2. The van der Waals surface area contributed by atoms with Crippen LogP contribution in [0.3, 0.4) is 0 Å². The Morgan fingerprint density at radius 3 is 2.42 bits per heavy atom. The highest BCUT2D eigenvalue weighted by molar-refractivity contribution is 7.89. The number of ether oxygens (including phenoxy) is 1. The molecule has 1 N–H and O–H groups in total. The lowest BCUT2D eigenvalue weighted by Gasteiger charge is -2.30. The Kier molecular flexibility index (Phi) is 8.73. The average Bonchev–Trinajstić information content (AvgIpc) is 2.57. The van der Waals surface area contributed by atoms with Crippen molar-refractivity contribution in [3.63, 3.8) is 0 Å². The summed E-state index contributed by atoms with van der Waals surface area (Å²) in [5.41, 5.74) is 1.06. The van der Waals surface area contributed by atoms with Crippen molar-refractivity contribution >= 4 is 10.0 Å². The van der Waals surface area contributed by atoms with Gasteiger partial charge in [0.05, 0.1) is 12.9 Å². The minimum atomic E-state index is -3.25. The quantitative estimate of drug-likeness (QED) is 0.662. The first kappa shape index (κ1) is 20.9. The molecule has 0 saturated heterocycles. The van der Waals surface area contributed by atoms with Crippen LogP contribution in [-0.2, 0) is 10.0 Å². The van der Waals surface area contributed by atoms with Gasteiger partial charge in [0.1, 0.15) is 5.75 Å². The standard InChI is InChI=1S/C18H32N2O3S/c1-6-20(7-2)18(16-9-8-10-17(13-16)23-5)14-19-24(21,22)12-11-15(3)4/h8-10,13,15,18-19H,6-7,11-12,14H2,1-5H3.